The quantitative estimate of drug-likeness (QED) is 0.584. The summed E-state index contributed by atoms with van der Waals surface area (Å²) in [5.74, 6) is -0.881. The largest absolute Gasteiger partial charge is 0.478 e. The molecule has 1 heterocycles. The number of rotatable bonds is 2. The van der Waals surface area contributed by atoms with Gasteiger partial charge < -0.3 is 14.9 Å². The molecule has 0 amide bonds. The van der Waals surface area contributed by atoms with Gasteiger partial charge in [0.25, 0.3) is 0 Å². The van der Waals surface area contributed by atoms with E-state index in [1.165, 1.54) is 6.08 Å². The maximum Gasteiger partial charge on any atom is 0.329 e. The van der Waals surface area contributed by atoms with Gasteiger partial charge in [-0.25, -0.2) is 4.79 Å². The molecule has 0 saturated carbocycles. The normalized spacial score (nSPS) is 20.2. The van der Waals surface area contributed by atoms with Crippen molar-refractivity contribution >= 4 is 5.97 Å². The number of hydrogen-bond donors (Lipinski definition) is 1. The fraction of sp³-hybridized carbons (Fsp3) is 0.625. The van der Waals surface area contributed by atoms with Crippen LogP contribution in [0.15, 0.2) is 12.3 Å². The zero-order chi connectivity index (χ0) is 8.97. The van der Waals surface area contributed by atoms with Crippen LogP contribution in [0, 0.1) is 0 Å². The standard InChI is InChI=1S/C8H14N2O2/c1-9-4-6-10(7-5-9)3-2-8(11)12/h2-3H,4-7H2,1H3,(H,11,12)/b3-2+. The Balaban J connectivity index is 2.30. The highest BCUT2D eigenvalue weighted by atomic mass is 16.4. The molecule has 0 bridgehead atoms. The zero-order valence-electron chi connectivity index (χ0n) is 7.23. The van der Waals surface area contributed by atoms with Gasteiger partial charge >= 0.3 is 5.97 Å². The molecule has 4 heteroatoms. The van der Waals surface area contributed by atoms with E-state index < -0.39 is 5.97 Å². The van der Waals surface area contributed by atoms with Gasteiger partial charge in [-0.3, -0.25) is 0 Å². The highest BCUT2D eigenvalue weighted by molar-refractivity contribution is 5.79. The average molecular weight is 170 g/mol. The third kappa shape index (κ3) is 2.92. The van der Waals surface area contributed by atoms with E-state index in [-0.39, 0.29) is 0 Å². The number of carboxylic acids is 1. The first-order valence-electron chi connectivity index (χ1n) is 4.02. The van der Waals surface area contributed by atoms with Crippen LogP contribution in [0.4, 0.5) is 0 Å². The van der Waals surface area contributed by atoms with E-state index in [1.807, 2.05) is 4.90 Å². The average Bonchev–Trinajstić information content (AvgIpc) is 2.03. The Morgan fingerprint density at radius 1 is 1.33 bits per heavy atom. The summed E-state index contributed by atoms with van der Waals surface area (Å²) < 4.78 is 0. The molecule has 68 valence electrons. The van der Waals surface area contributed by atoms with Gasteiger partial charge in [0.15, 0.2) is 0 Å². The van der Waals surface area contributed by atoms with Crippen LogP contribution in [0.3, 0.4) is 0 Å². The second-order valence-electron chi connectivity index (χ2n) is 2.99. The highest BCUT2D eigenvalue weighted by Crippen LogP contribution is 1.98. The van der Waals surface area contributed by atoms with E-state index in [4.69, 9.17) is 5.11 Å². The van der Waals surface area contributed by atoms with E-state index in [1.54, 1.807) is 6.20 Å². The molecule has 12 heavy (non-hydrogen) atoms. The Labute approximate surface area is 72.1 Å². The van der Waals surface area contributed by atoms with Gasteiger partial charge in [0.05, 0.1) is 0 Å². The molecule has 0 unspecified atom stereocenters. The van der Waals surface area contributed by atoms with Gasteiger partial charge in [-0.2, -0.15) is 0 Å². The fourth-order valence-corrected chi connectivity index (χ4v) is 1.14. The van der Waals surface area contributed by atoms with Gasteiger partial charge in [0.2, 0.25) is 0 Å². The molecule has 1 fully saturated rings. The van der Waals surface area contributed by atoms with Crippen LogP contribution >= 0.6 is 0 Å². The Morgan fingerprint density at radius 2 is 1.92 bits per heavy atom. The number of nitrogens with zero attached hydrogens (tertiary/aromatic N) is 2. The number of likely N-dealkylation sites (N-methyl/N-ethyl adjacent to an activating group) is 1. The maximum atomic E-state index is 10.2. The van der Waals surface area contributed by atoms with Gasteiger partial charge in [-0.15, -0.1) is 0 Å². The number of carbonyl (C=O) groups is 1. The summed E-state index contributed by atoms with van der Waals surface area (Å²) in [5, 5.41) is 8.37. The SMILES string of the molecule is CN1CCN(/C=C/C(=O)O)CC1. The summed E-state index contributed by atoms with van der Waals surface area (Å²) in [6.07, 6.45) is 2.83. The van der Waals surface area contributed by atoms with E-state index >= 15 is 0 Å². The summed E-state index contributed by atoms with van der Waals surface area (Å²) in [6, 6.07) is 0. The molecule has 1 N–H and O–H groups in total. The number of aliphatic carboxylic acids is 1. The van der Waals surface area contributed by atoms with E-state index in [9.17, 15) is 4.79 Å². The zero-order valence-corrected chi connectivity index (χ0v) is 7.23. The van der Waals surface area contributed by atoms with Crippen molar-refractivity contribution in [2.24, 2.45) is 0 Å². The van der Waals surface area contributed by atoms with Crippen LogP contribution in [0.1, 0.15) is 0 Å². The molecular formula is C8H14N2O2. The van der Waals surface area contributed by atoms with Crippen molar-refractivity contribution in [1.29, 1.82) is 0 Å². The first kappa shape index (κ1) is 9.06. The third-order valence-electron chi connectivity index (χ3n) is 1.97. The molecule has 1 aliphatic rings. The van der Waals surface area contributed by atoms with Crippen molar-refractivity contribution < 1.29 is 9.90 Å². The molecule has 0 aliphatic carbocycles. The van der Waals surface area contributed by atoms with Crippen LogP contribution in [-0.2, 0) is 4.79 Å². The summed E-state index contributed by atoms with van der Waals surface area (Å²) in [7, 11) is 2.07. The molecule has 0 aromatic heterocycles. The Morgan fingerprint density at radius 3 is 2.42 bits per heavy atom. The Kier molecular flexibility index (Phi) is 3.10. The second kappa shape index (κ2) is 4.11. The smallest absolute Gasteiger partial charge is 0.329 e. The minimum Gasteiger partial charge on any atom is -0.478 e. The molecule has 0 spiro atoms. The van der Waals surface area contributed by atoms with Crippen molar-refractivity contribution in [1.82, 2.24) is 9.80 Å². The minimum absolute atomic E-state index is 0.881. The van der Waals surface area contributed by atoms with Gasteiger partial charge in [-0.1, -0.05) is 0 Å². The topological polar surface area (TPSA) is 43.8 Å². The van der Waals surface area contributed by atoms with Crippen LogP contribution in [0.25, 0.3) is 0 Å². The molecule has 0 aromatic carbocycles. The Bertz CT molecular complexity index is 183. The Hall–Kier alpha value is -1.03. The molecule has 4 nitrogen and oxygen atoms in total. The van der Waals surface area contributed by atoms with Crippen LogP contribution in [0.5, 0.6) is 0 Å². The lowest BCUT2D eigenvalue weighted by atomic mass is 10.3. The van der Waals surface area contributed by atoms with Crippen molar-refractivity contribution in [3.8, 4) is 0 Å². The molecule has 1 rings (SSSR count). The van der Waals surface area contributed by atoms with E-state index in [0.29, 0.717) is 0 Å². The second-order valence-corrected chi connectivity index (χ2v) is 2.99. The van der Waals surface area contributed by atoms with E-state index in [2.05, 4.69) is 11.9 Å². The fourth-order valence-electron chi connectivity index (χ4n) is 1.14. The van der Waals surface area contributed by atoms with Crippen molar-refractivity contribution in [2.45, 2.75) is 0 Å². The summed E-state index contributed by atoms with van der Waals surface area (Å²) in [4.78, 5) is 14.4. The summed E-state index contributed by atoms with van der Waals surface area (Å²) >= 11 is 0. The highest BCUT2D eigenvalue weighted by Gasteiger charge is 2.09. The molecule has 0 aromatic rings. The van der Waals surface area contributed by atoms with Crippen LogP contribution < -0.4 is 0 Å². The number of carboxylic acid groups (broad SMARTS) is 1. The lowest BCUT2D eigenvalue weighted by Crippen LogP contribution is -2.41. The lowest BCUT2D eigenvalue weighted by Gasteiger charge is -2.31. The maximum absolute atomic E-state index is 10.2. The van der Waals surface area contributed by atoms with Crippen molar-refractivity contribution in [3.63, 3.8) is 0 Å². The van der Waals surface area contributed by atoms with Gasteiger partial charge in [0.1, 0.15) is 0 Å². The summed E-state index contributed by atoms with van der Waals surface area (Å²) in [6.45, 7) is 3.84. The molecule has 0 atom stereocenters. The third-order valence-corrected chi connectivity index (χ3v) is 1.97. The minimum atomic E-state index is -0.881. The van der Waals surface area contributed by atoms with Crippen LogP contribution in [0.2, 0.25) is 0 Å². The first-order chi connectivity index (χ1) is 5.68. The molecule has 0 radical (unpaired) electrons. The lowest BCUT2D eigenvalue weighted by molar-refractivity contribution is -0.131. The van der Waals surface area contributed by atoms with Crippen LogP contribution in [-0.4, -0.2) is 54.1 Å². The monoisotopic (exact) mass is 170 g/mol. The van der Waals surface area contributed by atoms with Crippen molar-refractivity contribution in [2.75, 3.05) is 33.2 Å². The number of hydrogen-bond acceptors (Lipinski definition) is 3. The molecule has 1 aliphatic heterocycles. The summed E-state index contributed by atoms with van der Waals surface area (Å²) in [5.41, 5.74) is 0. The van der Waals surface area contributed by atoms with Gasteiger partial charge in [0, 0.05) is 38.5 Å². The first-order valence-corrected chi connectivity index (χ1v) is 4.02. The van der Waals surface area contributed by atoms with E-state index in [0.717, 1.165) is 26.2 Å². The molecule has 1 saturated heterocycles. The van der Waals surface area contributed by atoms with Crippen molar-refractivity contribution in [3.05, 3.63) is 12.3 Å². The predicted molar refractivity (Wildman–Crippen MR) is 45.8 cm³/mol. The van der Waals surface area contributed by atoms with Gasteiger partial charge in [-0.05, 0) is 7.05 Å². The predicted octanol–water partition coefficient (Wildman–Crippen LogP) is -0.168. The number of piperazine rings is 1. The molecular weight excluding hydrogens is 156 g/mol.